The van der Waals surface area contributed by atoms with Gasteiger partial charge in [-0.05, 0) is 59.5 Å². The van der Waals surface area contributed by atoms with Crippen LogP contribution in [0.4, 0.5) is 0 Å². The minimum absolute atomic E-state index is 0.0496. The highest BCUT2D eigenvalue weighted by molar-refractivity contribution is 5.76. The number of para-hydroxylation sites is 1. The Balaban J connectivity index is 1.41. The zero-order valence-corrected chi connectivity index (χ0v) is 21.2. The second-order valence-electron chi connectivity index (χ2n) is 8.90. The second kappa shape index (κ2) is 10.6. The summed E-state index contributed by atoms with van der Waals surface area (Å²) in [4.78, 5) is 18.1. The van der Waals surface area contributed by atoms with E-state index in [0.717, 1.165) is 58.6 Å². The molecule has 0 bridgehead atoms. The first-order valence-electron chi connectivity index (χ1n) is 12.3. The molecular weight excluding hydrogens is 466 g/mol. The third-order valence-corrected chi connectivity index (χ3v) is 6.49. The van der Waals surface area contributed by atoms with E-state index in [1.807, 2.05) is 60.2 Å². The Morgan fingerprint density at radius 3 is 2.59 bits per heavy atom. The molecule has 0 atom stereocenters. The van der Waals surface area contributed by atoms with Crippen molar-refractivity contribution < 1.29 is 4.74 Å². The molecule has 3 heterocycles. The highest BCUT2D eigenvalue weighted by Gasteiger charge is 2.17. The van der Waals surface area contributed by atoms with Gasteiger partial charge in [-0.3, -0.25) is 14.1 Å². The summed E-state index contributed by atoms with van der Waals surface area (Å²) in [5.41, 5.74) is 6.51. The smallest absolute Gasteiger partial charge is 0.333 e. The fraction of sp³-hybridized carbons (Fsp3) is 0.250. The summed E-state index contributed by atoms with van der Waals surface area (Å²) in [7, 11) is 1.63. The molecule has 0 spiro atoms. The van der Waals surface area contributed by atoms with Crippen LogP contribution in [-0.4, -0.2) is 41.9 Å². The van der Waals surface area contributed by atoms with E-state index in [4.69, 9.17) is 4.74 Å². The fourth-order valence-electron chi connectivity index (χ4n) is 4.66. The Labute approximate surface area is 214 Å². The van der Waals surface area contributed by atoms with Gasteiger partial charge in [0.2, 0.25) is 0 Å². The van der Waals surface area contributed by atoms with Crippen molar-refractivity contribution in [2.45, 2.75) is 39.7 Å². The molecule has 5 aromatic rings. The lowest BCUT2D eigenvalue weighted by Crippen LogP contribution is -2.25. The molecule has 5 rings (SSSR count). The number of methoxy groups -OCH3 is 1. The zero-order chi connectivity index (χ0) is 25.8. The SMILES string of the molecule is CCCc1cn(-c2c(C)cccc2OC)c(=O)n1CCc1ccc(-c2ncccc2-c2nnn[nH]2)cc1. The van der Waals surface area contributed by atoms with E-state index >= 15 is 0 Å². The van der Waals surface area contributed by atoms with Gasteiger partial charge in [0.15, 0.2) is 5.82 Å². The maximum absolute atomic E-state index is 13.5. The highest BCUT2D eigenvalue weighted by Crippen LogP contribution is 2.28. The Kier molecular flexibility index (Phi) is 6.93. The van der Waals surface area contributed by atoms with E-state index in [-0.39, 0.29) is 5.69 Å². The molecule has 0 fully saturated rings. The number of hydrogen-bond acceptors (Lipinski definition) is 6. The average molecular weight is 496 g/mol. The van der Waals surface area contributed by atoms with E-state index in [9.17, 15) is 4.79 Å². The van der Waals surface area contributed by atoms with Gasteiger partial charge in [-0.2, -0.15) is 0 Å². The van der Waals surface area contributed by atoms with Crippen LogP contribution in [0.2, 0.25) is 0 Å². The normalized spacial score (nSPS) is 11.1. The van der Waals surface area contributed by atoms with Gasteiger partial charge in [-0.25, -0.2) is 9.89 Å². The van der Waals surface area contributed by atoms with E-state index in [2.05, 4.69) is 44.7 Å². The topological polar surface area (TPSA) is 104 Å². The quantitative estimate of drug-likeness (QED) is 0.325. The summed E-state index contributed by atoms with van der Waals surface area (Å²) in [6.45, 7) is 4.71. The highest BCUT2D eigenvalue weighted by atomic mass is 16.5. The number of hydrogen-bond donors (Lipinski definition) is 1. The van der Waals surface area contributed by atoms with Crippen LogP contribution >= 0.6 is 0 Å². The van der Waals surface area contributed by atoms with Gasteiger partial charge in [0.05, 0.1) is 18.5 Å². The summed E-state index contributed by atoms with van der Waals surface area (Å²) in [6.07, 6.45) is 6.23. The number of nitrogens with one attached hydrogen (secondary N) is 1. The van der Waals surface area contributed by atoms with Crippen LogP contribution in [0.3, 0.4) is 0 Å². The summed E-state index contributed by atoms with van der Waals surface area (Å²) in [6, 6.07) is 17.9. The van der Waals surface area contributed by atoms with Crippen molar-refractivity contribution in [3.8, 4) is 34.1 Å². The van der Waals surface area contributed by atoms with Gasteiger partial charge in [0.1, 0.15) is 5.75 Å². The van der Waals surface area contributed by atoms with Crippen molar-refractivity contribution in [3.63, 3.8) is 0 Å². The first kappa shape index (κ1) is 24.2. The maximum Gasteiger partial charge on any atom is 0.333 e. The predicted octanol–water partition coefficient (Wildman–Crippen LogP) is 4.39. The van der Waals surface area contributed by atoms with Crippen LogP contribution < -0.4 is 10.4 Å². The fourth-order valence-corrected chi connectivity index (χ4v) is 4.66. The molecule has 9 nitrogen and oxygen atoms in total. The second-order valence-corrected chi connectivity index (χ2v) is 8.90. The number of aromatic amines is 1. The van der Waals surface area contributed by atoms with E-state index in [1.165, 1.54) is 0 Å². The monoisotopic (exact) mass is 495 g/mol. The van der Waals surface area contributed by atoms with Gasteiger partial charge in [-0.1, -0.05) is 49.7 Å². The molecule has 1 N–H and O–H groups in total. The van der Waals surface area contributed by atoms with Crippen LogP contribution in [0.25, 0.3) is 28.3 Å². The van der Waals surface area contributed by atoms with Gasteiger partial charge < -0.3 is 4.74 Å². The molecule has 0 radical (unpaired) electrons. The molecule has 0 aliphatic heterocycles. The number of tetrazole rings is 1. The molecule has 9 heteroatoms. The van der Waals surface area contributed by atoms with Crippen molar-refractivity contribution >= 4 is 0 Å². The average Bonchev–Trinajstić information content (AvgIpc) is 3.56. The lowest BCUT2D eigenvalue weighted by molar-refractivity contribution is 0.412. The number of pyridine rings is 1. The molecule has 0 saturated carbocycles. The number of ether oxygens (including phenoxy) is 1. The van der Waals surface area contributed by atoms with E-state index < -0.39 is 0 Å². The van der Waals surface area contributed by atoms with Crippen molar-refractivity contribution in [1.82, 2.24) is 34.7 Å². The predicted molar refractivity (Wildman–Crippen MR) is 142 cm³/mol. The first-order valence-corrected chi connectivity index (χ1v) is 12.3. The van der Waals surface area contributed by atoms with Crippen LogP contribution in [0.5, 0.6) is 5.75 Å². The van der Waals surface area contributed by atoms with Crippen LogP contribution in [0.15, 0.2) is 71.8 Å². The molecule has 3 aromatic heterocycles. The van der Waals surface area contributed by atoms with Gasteiger partial charge in [0, 0.05) is 35.8 Å². The molecule has 188 valence electrons. The summed E-state index contributed by atoms with van der Waals surface area (Å²) >= 11 is 0. The number of aromatic nitrogens is 7. The molecule has 0 aliphatic carbocycles. The minimum Gasteiger partial charge on any atom is -0.495 e. The zero-order valence-electron chi connectivity index (χ0n) is 21.2. The molecule has 2 aromatic carbocycles. The van der Waals surface area contributed by atoms with Crippen molar-refractivity contribution in [2.75, 3.05) is 7.11 Å². The summed E-state index contributed by atoms with van der Waals surface area (Å²) < 4.78 is 9.18. The molecule has 37 heavy (non-hydrogen) atoms. The summed E-state index contributed by atoms with van der Waals surface area (Å²) in [5.74, 6) is 1.26. The van der Waals surface area contributed by atoms with Gasteiger partial charge in [0.25, 0.3) is 0 Å². The van der Waals surface area contributed by atoms with Crippen LogP contribution in [0, 0.1) is 6.92 Å². The standard InChI is InChI=1S/C28H29N7O2/c1-4-7-22-18-35(26-19(2)8-5-10-24(26)37-3)28(36)34(22)17-15-20-11-13-21(14-12-20)25-23(9-6-16-29-25)27-30-32-33-31-27/h5-6,8-14,16,18H,4,7,15,17H2,1-3H3,(H,30,31,32,33). The molecule has 0 saturated heterocycles. The van der Waals surface area contributed by atoms with Gasteiger partial charge >= 0.3 is 5.69 Å². The molecule has 0 aliphatic rings. The number of nitrogens with zero attached hydrogens (tertiary/aromatic N) is 6. The molecule has 0 unspecified atom stereocenters. The first-order chi connectivity index (χ1) is 18.1. The Bertz CT molecular complexity index is 1550. The number of aryl methyl sites for hydroxylation is 3. The van der Waals surface area contributed by atoms with Gasteiger partial charge in [-0.15, -0.1) is 5.10 Å². The number of rotatable bonds is 9. The van der Waals surface area contributed by atoms with Crippen LogP contribution in [0.1, 0.15) is 30.2 Å². The molecular formula is C28H29N7O2. The Morgan fingerprint density at radius 2 is 1.86 bits per heavy atom. The van der Waals surface area contributed by atoms with Crippen LogP contribution in [-0.2, 0) is 19.4 Å². The summed E-state index contributed by atoms with van der Waals surface area (Å²) in [5, 5.41) is 14.2. The lowest BCUT2D eigenvalue weighted by Gasteiger charge is -2.11. The third kappa shape index (κ3) is 4.80. The maximum atomic E-state index is 13.5. The number of imidazole rings is 1. The van der Waals surface area contributed by atoms with Crippen molar-refractivity contribution in [3.05, 3.63) is 94.3 Å². The lowest BCUT2D eigenvalue weighted by atomic mass is 10.0. The number of benzene rings is 2. The van der Waals surface area contributed by atoms with Crippen molar-refractivity contribution in [1.29, 1.82) is 0 Å². The van der Waals surface area contributed by atoms with E-state index in [0.29, 0.717) is 18.1 Å². The van der Waals surface area contributed by atoms with Crippen molar-refractivity contribution in [2.24, 2.45) is 0 Å². The Morgan fingerprint density at radius 1 is 1.03 bits per heavy atom. The Hall–Kier alpha value is -4.53. The van der Waals surface area contributed by atoms with E-state index in [1.54, 1.807) is 17.9 Å². The molecule has 0 amide bonds. The largest absolute Gasteiger partial charge is 0.495 e. The third-order valence-electron chi connectivity index (χ3n) is 6.49. The number of H-pyrrole nitrogens is 1. The minimum atomic E-state index is -0.0496.